The molecule has 1 N–H and O–H groups in total. The second kappa shape index (κ2) is 4.71. The standard InChI is InChI=1S/C7H12O5/c1-4(6(9)11-2)5(8)7(10)12-3/h4-5,8H,1-3H3/t4-,5-/m1/s1. The predicted molar refractivity (Wildman–Crippen MR) is 39.2 cm³/mol. The molecule has 0 aliphatic carbocycles. The fourth-order valence-corrected chi connectivity index (χ4v) is 0.640. The Kier molecular flexibility index (Phi) is 4.28. The second-order valence-electron chi connectivity index (χ2n) is 2.28. The third kappa shape index (κ3) is 2.50. The molecule has 0 aliphatic rings. The average Bonchev–Trinajstić information content (AvgIpc) is 2.12. The van der Waals surface area contributed by atoms with Gasteiger partial charge in [-0.05, 0) is 6.92 Å². The number of carbonyl (C=O) groups excluding carboxylic acids is 2. The Morgan fingerprint density at radius 2 is 1.58 bits per heavy atom. The molecule has 5 nitrogen and oxygen atoms in total. The fraction of sp³-hybridized carbons (Fsp3) is 0.714. The van der Waals surface area contributed by atoms with Gasteiger partial charge < -0.3 is 14.6 Å². The van der Waals surface area contributed by atoms with Gasteiger partial charge in [0.15, 0.2) is 6.10 Å². The Hall–Kier alpha value is -1.10. The number of hydrogen-bond donors (Lipinski definition) is 1. The van der Waals surface area contributed by atoms with Crippen molar-refractivity contribution >= 4 is 11.9 Å². The van der Waals surface area contributed by atoms with Crippen molar-refractivity contribution in [1.29, 1.82) is 0 Å². The van der Waals surface area contributed by atoms with Crippen LogP contribution in [0.4, 0.5) is 0 Å². The van der Waals surface area contributed by atoms with Crippen molar-refractivity contribution in [1.82, 2.24) is 0 Å². The van der Waals surface area contributed by atoms with Gasteiger partial charge in [-0.3, -0.25) is 4.79 Å². The lowest BCUT2D eigenvalue weighted by molar-refractivity contribution is -0.162. The molecular formula is C7H12O5. The number of hydrogen-bond acceptors (Lipinski definition) is 5. The van der Waals surface area contributed by atoms with Gasteiger partial charge in [-0.25, -0.2) is 4.79 Å². The van der Waals surface area contributed by atoms with Crippen molar-refractivity contribution in [3.63, 3.8) is 0 Å². The Morgan fingerprint density at radius 3 is 1.92 bits per heavy atom. The summed E-state index contributed by atoms with van der Waals surface area (Å²) in [7, 11) is 2.32. The minimum absolute atomic E-state index is 0.645. The van der Waals surface area contributed by atoms with E-state index >= 15 is 0 Å². The van der Waals surface area contributed by atoms with Crippen LogP contribution in [0.5, 0.6) is 0 Å². The first-order valence-corrected chi connectivity index (χ1v) is 3.38. The van der Waals surface area contributed by atoms with Crippen molar-refractivity contribution in [2.45, 2.75) is 13.0 Å². The zero-order valence-electron chi connectivity index (χ0n) is 7.23. The molecule has 5 heteroatoms. The molecular weight excluding hydrogens is 164 g/mol. The van der Waals surface area contributed by atoms with Gasteiger partial charge in [0, 0.05) is 0 Å². The quantitative estimate of drug-likeness (QED) is 0.577. The SMILES string of the molecule is COC(=O)[C@H](C)[C@@H](O)C(=O)OC. The maximum absolute atomic E-state index is 10.8. The van der Waals surface area contributed by atoms with Gasteiger partial charge in [0.25, 0.3) is 0 Å². The summed E-state index contributed by atoms with van der Waals surface area (Å²) in [6.45, 7) is 1.38. The van der Waals surface area contributed by atoms with E-state index in [4.69, 9.17) is 5.11 Å². The van der Waals surface area contributed by atoms with E-state index in [2.05, 4.69) is 9.47 Å². The first-order chi connectivity index (χ1) is 5.54. The summed E-state index contributed by atoms with van der Waals surface area (Å²) in [5, 5.41) is 9.11. The van der Waals surface area contributed by atoms with Gasteiger partial charge in [-0.15, -0.1) is 0 Å². The molecule has 0 radical (unpaired) electrons. The fourth-order valence-electron chi connectivity index (χ4n) is 0.640. The molecule has 0 fully saturated rings. The van der Waals surface area contributed by atoms with E-state index in [0.29, 0.717) is 0 Å². The predicted octanol–water partition coefficient (Wildman–Crippen LogP) is -0.671. The molecule has 0 amide bonds. The van der Waals surface area contributed by atoms with Crippen LogP contribution >= 0.6 is 0 Å². The summed E-state index contributed by atoms with van der Waals surface area (Å²) in [6, 6.07) is 0. The van der Waals surface area contributed by atoms with E-state index in [9.17, 15) is 9.59 Å². The highest BCUT2D eigenvalue weighted by Gasteiger charge is 2.29. The van der Waals surface area contributed by atoms with Crippen molar-refractivity contribution in [2.24, 2.45) is 5.92 Å². The van der Waals surface area contributed by atoms with Gasteiger partial charge in [0.2, 0.25) is 0 Å². The van der Waals surface area contributed by atoms with Crippen LogP contribution in [0, 0.1) is 5.92 Å². The minimum atomic E-state index is -1.46. The molecule has 0 heterocycles. The molecule has 0 saturated heterocycles. The lowest BCUT2D eigenvalue weighted by Crippen LogP contribution is -2.34. The highest BCUT2D eigenvalue weighted by Crippen LogP contribution is 2.06. The Morgan fingerprint density at radius 1 is 1.17 bits per heavy atom. The molecule has 2 atom stereocenters. The van der Waals surface area contributed by atoms with Gasteiger partial charge in [-0.2, -0.15) is 0 Å². The van der Waals surface area contributed by atoms with Crippen LogP contribution in [-0.2, 0) is 19.1 Å². The Bertz CT molecular complexity index is 157. The average molecular weight is 176 g/mol. The minimum Gasteiger partial charge on any atom is -0.469 e. The van der Waals surface area contributed by atoms with Crippen LogP contribution in [0.2, 0.25) is 0 Å². The summed E-state index contributed by atoms with van der Waals surface area (Å²) in [4.78, 5) is 21.5. The van der Waals surface area contributed by atoms with Crippen molar-refractivity contribution < 1.29 is 24.2 Å². The molecule has 0 aliphatic heterocycles. The second-order valence-corrected chi connectivity index (χ2v) is 2.28. The number of ether oxygens (including phenoxy) is 2. The lowest BCUT2D eigenvalue weighted by atomic mass is 10.1. The van der Waals surface area contributed by atoms with Gasteiger partial charge in [-0.1, -0.05) is 0 Å². The lowest BCUT2D eigenvalue weighted by Gasteiger charge is -2.13. The highest BCUT2D eigenvalue weighted by molar-refractivity contribution is 5.83. The maximum Gasteiger partial charge on any atom is 0.335 e. The van der Waals surface area contributed by atoms with Crippen LogP contribution in [0.1, 0.15) is 6.92 Å². The summed E-state index contributed by atoms with van der Waals surface area (Å²) < 4.78 is 8.55. The Labute approximate surface area is 70.3 Å². The molecule has 0 aromatic carbocycles. The van der Waals surface area contributed by atoms with Crippen LogP contribution < -0.4 is 0 Å². The highest BCUT2D eigenvalue weighted by atomic mass is 16.5. The van der Waals surface area contributed by atoms with Crippen LogP contribution in [0.3, 0.4) is 0 Å². The van der Waals surface area contributed by atoms with Crippen LogP contribution in [-0.4, -0.2) is 37.4 Å². The van der Waals surface area contributed by atoms with Crippen molar-refractivity contribution in [3.8, 4) is 0 Å². The van der Waals surface area contributed by atoms with E-state index in [1.165, 1.54) is 14.0 Å². The number of esters is 2. The molecule has 0 rings (SSSR count). The third-order valence-electron chi connectivity index (χ3n) is 1.49. The zero-order valence-corrected chi connectivity index (χ0v) is 7.23. The molecule has 0 spiro atoms. The van der Waals surface area contributed by atoms with Crippen LogP contribution in [0.25, 0.3) is 0 Å². The first-order valence-electron chi connectivity index (χ1n) is 3.38. The summed E-state index contributed by atoms with van der Waals surface area (Å²) in [6.07, 6.45) is -1.46. The van der Waals surface area contributed by atoms with Crippen LogP contribution in [0.15, 0.2) is 0 Å². The number of rotatable bonds is 3. The van der Waals surface area contributed by atoms with E-state index in [1.807, 2.05) is 0 Å². The first kappa shape index (κ1) is 10.9. The largest absolute Gasteiger partial charge is 0.469 e. The molecule has 70 valence electrons. The molecule has 12 heavy (non-hydrogen) atoms. The molecule has 0 unspecified atom stereocenters. The number of aliphatic hydroxyl groups excluding tert-OH is 1. The van der Waals surface area contributed by atoms with Crippen molar-refractivity contribution in [3.05, 3.63) is 0 Å². The summed E-state index contributed by atoms with van der Waals surface area (Å²) >= 11 is 0. The molecule has 0 aromatic rings. The van der Waals surface area contributed by atoms with Gasteiger partial charge in [0.1, 0.15) is 0 Å². The van der Waals surface area contributed by atoms with E-state index in [-0.39, 0.29) is 0 Å². The van der Waals surface area contributed by atoms with E-state index in [0.717, 1.165) is 7.11 Å². The monoisotopic (exact) mass is 176 g/mol. The van der Waals surface area contributed by atoms with Gasteiger partial charge >= 0.3 is 11.9 Å². The molecule has 0 saturated carbocycles. The van der Waals surface area contributed by atoms with E-state index in [1.54, 1.807) is 0 Å². The topological polar surface area (TPSA) is 72.8 Å². The zero-order chi connectivity index (χ0) is 9.72. The smallest absolute Gasteiger partial charge is 0.335 e. The van der Waals surface area contributed by atoms with Gasteiger partial charge in [0.05, 0.1) is 20.1 Å². The van der Waals surface area contributed by atoms with E-state index < -0.39 is 24.0 Å². The summed E-state index contributed by atoms with van der Waals surface area (Å²) in [5.74, 6) is -2.39. The number of methoxy groups -OCH3 is 2. The Balaban J connectivity index is 4.18. The molecule has 0 bridgehead atoms. The number of aliphatic hydroxyl groups is 1. The summed E-state index contributed by atoms with van der Waals surface area (Å²) in [5.41, 5.74) is 0. The normalized spacial score (nSPS) is 14.7. The third-order valence-corrected chi connectivity index (χ3v) is 1.49. The van der Waals surface area contributed by atoms with Crippen molar-refractivity contribution in [2.75, 3.05) is 14.2 Å². The molecule has 0 aromatic heterocycles. The number of carbonyl (C=O) groups is 2. The maximum atomic E-state index is 10.8.